The van der Waals surface area contributed by atoms with E-state index in [1.807, 2.05) is 62.7 Å². The molecule has 2 aliphatic rings. The molecule has 0 heterocycles. The zero-order valence-electron chi connectivity index (χ0n) is 36.1. The van der Waals surface area contributed by atoms with E-state index in [1.165, 1.54) is 0 Å². The van der Waals surface area contributed by atoms with Gasteiger partial charge in [0.1, 0.15) is 48.5 Å². The van der Waals surface area contributed by atoms with Crippen molar-refractivity contribution in [2.24, 2.45) is 10.8 Å². The summed E-state index contributed by atoms with van der Waals surface area (Å²) in [7, 11) is 5.76. The van der Waals surface area contributed by atoms with Crippen LogP contribution in [0.25, 0.3) is 12.2 Å². The second-order valence-electron chi connectivity index (χ2n) is 17.2. The number of aliphatic hydroxyl groups excluding tert-OH is 1. The highest BCUT2D eigenvalue weighted by Crippen LogP contribution is 2.40. The van der Waals surface area contributed by atoms with Crippen molar-refractivity contribution in [1.29, 1.82) is 15.8 Å². The van der Waals surface area contributed by atoms with Gasteiger partial charge in [0.05, 0.1) is 19.7 Å². The predicted molar refractivity (Wildman–Crippen MR) is 241 cm³/mol. The maximum Gasteiger partial charge on any atom is 0.197 e. The lowest BCUT2D eigenvalue weighted by Gasteiger charge is -2.30. The van der Waals surface area contributed by atoms with Gasteiger partial charge in [0, 0.05) is 44.2 Å². The highest BCUT2D eigenvalue weighted by Gasteiger charge is 2.27. The largest absolute Gasteiger partial charge is 0.499 e. The number of benzene rings is 3. The second kappa shape index (κ2) is 20.5. The van der Waals surface area contributed by atoms with Gasteiger partial charge in [-0.05, 0) is 106 Å². The molecule has 1 N–H and O–H groups in total. The normalized spacial score (nSPS) is 16.6. The van der Waals surface area contributed by atoms with Gasteiger partial charge in [-0.15, -0.1) is 0 Å². The minimum absolute atomic E-state index is 0.0208. The minimum atomic E-state index is -0.201. The molecule has 0 unspecified atom stereocenters. The molecule has 0 radical (unpaired) electrons. The molecule has 0 bridgehead atoms. The van der Waals surface area contributed by atoms with Gasteiger partial charge in [0.2, 0.25) is 0 Å². The SMILES string of the molecule is COCc1cc(OCCN(C)c2ccc(/C=C/C3=CC(=C(C#N)C#N)CC(C)(C)C3)cc2)cc(OCCN(C)c2ccc(/C=C/C3=CC(=C(/O)C#N)/CC(C)(C)C3)cc2)c1. The zero-order valence-corrected chi connectivity index (χ0v) is 36.1. The van der Waals surface area contributed by atoms with Gasteiger partial charge in [-0.3, -0.25) is 0 Å². The summed E-state index contributed by atoms with van der Waals surface area (Å²) in [4.78, 5) is 4.31. The topological polar surface area (TPSA) is 126 Å². The van der Waals surface area contributed by atoms with E-state index in [2.05, 4.69) is 110 Å². The first kappa shape index (κ1) is 44.6. The quantitative estimate of drug-likeness (QED) is 0.0855. The number of rotatable bonds is 16. The van der Waals surface area contributed by atoms with E-state index in [0.29, 0.717) is 51.3 Å². The van der Waals surface area contributed by atoms with Crippen molar-refractivity contribution >= 4 is 23.5 Å². The van der Waals surface area contributed by atoms with Crippen LogP contribution in [0, 0.1) is 44.8 Å². The third kappa shape index (κ3) is 13.0. The molecular formula is C51H57N5O4. The Morgan fingerprint density at radius 3 is 1.53 bits per heavy atom. The number of hydrogen-bond acceptors (Lipinski definition) is 9. The maximum atomic E-state index is 10.0. The molecule has 0 amide bonds. The highest BCUT2D eigenvalue weighted by molar-refractivity contribution is 5.60. The van der Waals surface area contributed by atoms with Crippen LogP contribution < -0.4 is 19.3 Å². The van der Waals surface area contributed by atoms with Gasteiger partial charge >= 0.3 is 0 Å². The molecule has 0 saturated heterocycles. The summed E-state index contributed by atoms with van der Waals surface area (Å²) >= 11 is 0. The first-order chi connectivity index (χ1) is 28.7. The van der Waals surface area contributed by atoms with E-state index < -0.39 is 0 Å². The van der Waals surface area contributed by atoms with E-state index in [1.54, 1.807) is 7.11 Å². The fourth-order valence-corrected chi connectivity index (χ4v) is 7.67. The molecule has 0 fully saturated rings. The standard InChI is InChI=1S/C51H57N5O4/c1-50(2)29-39(24-42(31-50)44(33-52)34-53)10-8-37-12-16-45(17-13-37)55(5)20-22-59-47-26-41(36-58-7)27-48(28-47)60-23-21-56(6)46-18-14-38(15-19-46)9-11-40-25-43(49(57)35-54)32-51(3,4)30-40/h8-19,24-28,57H,20-23,29-32,36H2,1-7H3/b10-8+,11-9+,49-43-. The summed E-state index contributed by atoms with van der Waals surface area (Å²) in [6.45, 7) is 11.4. The Balaban J connectivity index is 1.11. The van der Waals surface area contributed by atoms with Gasteiger partial charge in [0.25, 0.3) is 0 Å². The third-order valence-electron chi connectivity index (χ3n) is 10.7. The molecular weight excluding hydrogens is 747 g/mol. The summed E-state index contributed by atoms with van der Waals surface area (Å²) in [5.74, 6) is 1.25. The van der Waals surface area contributed by atoms with Crippen molar-refractivity contribution in [3.05, 3.63) is 141 Å². The van der Waals surface area contributed by atoms with Crippen LogP contribution in [-0.2, 0) is 11.3 Å². The van der Waals surface area contributed by atoms with Gasteiger partial charge in [-0.2, -0.15) is 15.8 Å². The van der Waals surface area contributed by atoms with Crippen LogP contribution in [0.4, 0.5) is 11.4 Å². The van der Waals surface area contributed by atoms with E-state index in [9.17, 15) is 20.9 Å². The Hall–Kier alpha value is -6.47. The van der Waals surface area contributed by atoms with Crippen LogP contribution in [0.15, 0.2) is 125 Å². The average molecular weight is 804 g/mol. The Labute approximate surface area is 356 Å². The van der Waals surface area contributed by atoms with Crippen molar-refractivity contribution in [2.75, 3.05) is 57.3 Å². The van der Waals surface area contributed by atoms with Gasteiger partial charge in [-0.25, -0.2) is 0 Å². The molecule has 0 spiro atoms. The van der Waals surface area contributed by atoms with Gasteiger partial charge in [-0.1, -0.05) is 88.4 Å². The molecule has 5 rings (SSSR count). The maximum absolute atomic E-state index is 10.0. The van der Waals surface area contributed by atoms with Crippen LogP contribution in [0.5, 0.6) is 11.5 Å². The summed E-state index contributed by atoms with van der Waals surface area (Å²) in [5, 5.41) is 38.0. The second-order valence-corrected chi connectivity index (χ2v) is 17.2. The Bertz CT molecular complexity index is 2290. The van der Waals surface area contributed by atoms with E-state index in [4.69, 9.17) is 14.2 Å². The van der Waals surface area contributed by atoms with E-state index >= 15 is 0 Å². The Kier molecular flexibility index (Phi) is 15.2. The molecule has 0 saturated carbocycles. The number of hydrogen-bond donors (Lipinski definition) is 1. The molecule has 0 atom stereocenters. The van der Waals surface area contributed by atoms with Crippen LogP contribution in [0.3, 0.4) is 0 Å². The van der Waals surface area contributed by atoms with Crippen molar-refractivity contribution in [3.63, 3.8) is 0 Å². The molecule has 2 aliphatic carbocycles. The fraction of sp³-hybridized carbons (Fsp3) is 0.353. The van der Waals surface area contributed by atoms with Crippen molar-refractivity contribution in [2.45, 2.75) is 60.0 Å². The molecule has 60 heavy (non-hydrogen) atoms. The van der Waals surface area contributed by atoms with Crippen molar-refractivity contribution in [3.8, 4) is 29.7 Å². The van der Waals surface area contributed by atoms with Crippen LogP contribution in [0.2, 0.25) is 0 Å². The first-order valence-corrected chi connectivity index (χ1v) is 20.3. The van der Waals surface area contributed by atoms with E-state index in [0.717, 1.165) is 69.1 Å². The van der Waals surface area contributed by atoms with Crippen LogP contribution >= 0.6 is 0 Å². The molecule has 3 aromatic carbocycles. The minimum Gasteiger partial charge on any atom is -0.499 e. The third-order valence-corrected chi connectivity index (χ3v) is 10.7. The Morgan fingerprint density at radius 1 is 0.650 bits per heavy atom. The number of nitrogens with zero attached hydrogens (tertiary/aromatic N) is 5. The fourth-order valence-electron chi connectivity index (χ4n) is 7.67. The van der Waals surface area contributed by atoms with Gasteiger partial charge < -0.3 is 29.1 Å². The molecule has 9 heteroatoms. The molecule has 0 aliphatic heterocycles. The molecule has 9 nitrogen and oxygen atoms in total. The van der Waals surface area contributed by atoms with Crippen LogP contribution in [0.1, 0.15) is 70.1 Å². The van der Waals surface area contributed by atoms with Crippen molar-refractivity contribution in [1.82, 2.24) is 0 Å². The van der Waals surface area contributed by atoms with Crippen LogP contribution in [-0.4, -0.2) is 52.6 Å². The van der Waals surface area contributed by atoms with Gasteiger partial charge in [0.15, 0.2) is 5.76 Å². The number of allylic oxidation sites excluding steroid dienone is 10. The molecule has 3 aromatic rings. The zero-order chi connectivity index (χ0) is 43.3. The van der Waals surface area contributed by atoms with Crippen molar-refractivity contribution < 1.29 is 19.3 Å². The molecule has 310 valence electrons. The summed E-state index contributed by atoms with van der Waals surface area (Å²) in [6, 6.07) is 28.6. The Morgan fingerprint density at radius 2 is 1.10 bits per heavy atom. The smallest absolute Gasteiger partial charge is 0.197 e. The predicted octanol–water partition coefficient (Wildman–Crippen LogP) is 11.1. The first-order valence-electron chi connectivity index (χ1n) is 20.3. The average Bonchev–Trinajstić information content (AvgIpc) is 3.21. The van der Waals surface area contributed by atoms with E-state index in [-0.39, 0.29) is 22.2 Å². The lowest BCUT2D eigenvalue weighted by Crippen LogP contribution is -2.24. The number of nitriles is 3. The number of ether oxygens (including phenoxy) is 3. The summed E-state index contributed by atoms with van der Waals surface area (Å²) < 4.78 is 17.9. The monoisotopic (exact) mass is 803 g/mol. The molecule has 0 aromatic heterocycles. The summed E-state index contributed by atoms with van der Waals surface area (Å²) in [5.41, 5.74) is 9.10. The number of methoxy groups -OCH3 is 1. The lowest BCUT2D eigenvalue weighted by molar-refractivity contribution is 0.184. The number of aliphatic hydroxyl groups is 1. The number of likely N-dealkylation sites (N-methyl/N-ethyl adjacent to an activating group) is 2. The lowest BCUT2D eigenvalue weighted by atomic mass is 9.74. The summed E-state index contributed by atoms with van der Waals surface area (Å²) in [6.07, 6.45) is 15.4. The number of anilines is 2. The highest BCUT2D eigenvalue weighted by atomic mass is 16.5.